The van der Waals surface area contributed by atoms with E-state index in [0.29, 0.717) is 17.0 Å². The zero-order chi connectivity index (χ0) is 25.2. The lowest BCUT2D eigenvalue weighted by Crippen LogP contribution is -2.31. The predicted molar refractivity (Wildman–Crippen MR) is 131 cm³/mol. The second-order valence-corrected chi connectivity index (χ2v) is 9.78. The first-order chi connectivity index (χ1) is 17.9. The Bertz CT molecular complexity index is 1680. The first kappa shape index (κ1) is 21.9. The number of amides is 1. The highest BCUT2D eigenvalue weighted by Gasteiger charge is 2.50. The number of nitrogens with zero attached hydrogens (tertiary/aromatic N) is 7. The van der Waals surface area contributed by atoms with E-state index in [1.807, 2.05) is 18.2 Å². The van der Waals surface area contributed by atoms with Crippen molar-refractivity contribution in [1.29, 1.82) is 0 Å². The van der Waals surface area contributed by atoms with E-state index in [2.05, 4.69) is 32.3 Å². The lowest BCUT2D eigenvalue weighted by molar-refractivity contribution is 0.0120. The third kappa shape index (κ3) is 3.62. The number of halogens is 2. The maximum Gasteiger partial charge on any atom is 0.271 e. The van der Waals surface area contributed by atoms with E-state index in [1.54, 1.807) is 41.2 Å². The van der Waals surface area contributed by atoms with Crippen LogP contribution in [-0.2, 0) is 5.41 Å². The Hall–Kier alpha value is -4.34. The molecule has 0 bridgehead atoms. The predicted octanol–water partition coefficient (Wildman–Crippen LogP) is 4.30. The van der Waals surface area contributed by atoms with Crippen molar-refractivity contribution >= 4 is 22.6 Å². The van der Waals surface area contributed by atoms with Gasteiger partial charge in [-0.05, 0) is 48.7 Å². The van der Waals surface area contributed by atoms with Crippen LogP contribution in [0, 0.1) is 0 Å². The molecule has 4 heterocycles. The fourth-order valence-corrected chi connectivity index (χ4v) is 5.14. The monoisotopic (exact) mass is 497 g/mol. The molecule has 2 fully saturated rings. The number of likely N-dealkylation sites (tertiary alicyclic amines) is 1. The molecule has 1 aliphatic carbocycles. The Morgan fingerprint density at radius 2 is 1.78 bits per heavy atom. The Balaban J connectivity index is 1.21. The van der Waals surface area contributed by atoms with Crippen molar-refractivity contribution < 1.29 is 13.6 Å². The Morgan fingerprint density at radius 3 is 2.54 bits per heavy atom. The summed E-state index contributed by atoms with van der Waals surface area (Å²) in [7, 11) is 0. The van der Waals surface area contributed by atoms with Crippen LogP contribution in [0.5, 0.6) is 0 Å². The summed E-state index contributed by atoms with van der Waals surface area (Å²) in [6.45, 7) is -0.483. The van der Waals surface area contributed by atoms with Gasteiger partial charge in [-0.25, -0.2) is 13.8 Å². The molecular formula is C27H21F2N7O. The smallest absolute Gasteiger partial charge is 0.271 e. The molecule has 5 aromatic rings. The summed E-state index contributed by atoms with van der Waals surface area (Å²) in [5.41, 5.74) is 3.51. The highest BCUT2D eigenvalue weighted by molar-refractivity contribution is 5.95. The van der Waals surface area contributed by atoms with Crippen LogP contribution in [0.4, 0.5) is 8.78 Å². The second kappa shape index (κ2) is 7.83. The van der Waals surface area contributed by atoms with Crippen LogP contribution in [0.25, 0.3) is 27.9 Å². The number of carbonyl (C=O) groups is 1. The van der Waals surface area contributed by atoms with Gasteiger partial charge >= 0.3 is 0 Å². The molecule has 0 atom stereocenters. The molecule has 0 spiro atoms. The van der Waals surface area contributed by atoms with Gasteiger partial charge in [0.05, 0.1) is 23.7 Å². The molecule has 0 N–H and O–H groups in total. The first-order valence-electron chi connectivity index (χ1n) is 12.1. The minimum atomic E-state index is -2.82. The molecule has 0 unspecified atom stereocenters. The van der Waals surface area contributed by atoms with Crippen LogP contribution in [-0.4, -0.2) is 59.6 Å². The van der Waals surface area contributed by atoms with E-state index in [0.717, 1.165) is 40.7 Å². The first-order valence-corrected chi connectivity index (χ1v) is 12.1. The minimum Gasteiger partial charge on any atom is -0.332 e. The van der Waals surface area contributed by atoms with Gasteiger partial charge in [0.2, 0.25) is 0 Å². The van der Waals surface area contributed by atoms with E-state index in [4.69, 9.17) is 5.10 Å². The molecule has 1 saturated carbocycles. The fraction of sp³-hybridized carbons (Fsp3) is 0.259. The van der Waals surface area contributed by atoms with Crippen molar-refractivity contribution in [2.45, 2.75) is 30.6 Å². The average Bonchev–Trinajstić information content (AvgIpc) is 3.48. The van der Waals surface area contributed by atoms with Crippen LogP contribution in [0.15, 0.2) is 67.0 Å². The third-order valence-electron chi connectivity index (χ3n) is 7.35. The summed E-state index contributed by atoms with van der Waals surface area (Å²) in [4.78, 5) is 22.7. The van der Waals surface area contributed by atoms with Crippen molar-refractivity contribution in [3.63, 3.8) is 0 Å². The number of hydrogen-bond donors (Lipinski definition) is 0. The summed E-state index contributed by atoms with van der Waals surface area (Å²) < 4.78 is 28.8. The van der Waals surface area contributed by atoms with Crippen molar-refractivity contribution in [3.8, 4) is 11.3 Å². The van der Waals surface area contributed by atoms with Crippen molar-refractivity contribution in [1.82, 2.24) is 34.7 Å². The Labute approximate surface area is 210 Å². The topological polar surface area (TPSA) is 89.2 Å². The number of hydrogen-bond acceptors (Lipinski definition) is 6. The Morgan fingerprint density at radius 1 is 0.946 bits per heavy atom. The van der Waals surface area contributed by atoms with Crippen molar-refractivity contribution in [3.05, 3.63) is 83.9 Å². The summed E-state index contributed by atoms with van der Waals surface area (Å²) >= 11 is 0. The molecule has 8 nitrogen and oxygen atoms in total. The van der Waals surface area contributed by atoms with E-state index < -0.39 is 18.4 Å². The van der Waals surface area contributed by atoms with Gasteiger partial charge in [-0.2, -0.15) is 9.61 Å². The number of benzene rings is 2. The molecular weight excluding hydrogens is 476 g/mol. The molecule has 1 saturated heterocycles. The van der Waals surface area contributed by atoms with Gasteiger partial charge in [-0.3, -0.25) is 9.78 Å². The molecule has 2 aliphatic rings. The molecule has 3 aromatic heterocycles. The van der Waals surface area contributed by atoms with Gasteiger partial charge in [0.1, 0.15) is 5.69 Å². The maximum absolute atomic E-state index is 13.5. The zero-order valence-corrected chi connectivity index (χ0v) is 19.7. The average molecular weight is 498 g/mol. The van der Waals surface area contributed by atoms with Gasteiger partial charge < -0.3 is 4.90 Å². The number of rotatable bonds is 4. The van der Waals surface area contributed by atoms with Crippen LogP contribution < -0.4 is 0 Å². The molecule has 184 valence electrons. The van der Waals surface area contributed by atoms with Crippen LogP contribution in [0.1, 0.15) is 41.0 Å². The lowest BCUT2D eigenvalue weighted by Gasteiger charge is -2.16. The standard InChI is InChI=1S/C27H21F2N7O/c28-27(29)11-13-35(16-27)23(37)18-5-3-17(4-6-18)22-15-31-25-33-32-24(36(25)34-22)26(9-10-26)20-7-8-21-19(14-20)2-1-12-30-21/h1-8,12,14-15H,9-11,13,16H2. The van der Waals surface area contributed by atoms with E-state index >= 15 is 0 Å². The quantitative estimate of drug-likeness (QED) is 0.368. The summed E-state index contributed by atoms with van der Waals surface area (Å²) in [6.07, 6.45) is 4.96. The summed E-state index contributed by atoms with van der Waals surface area (Å²) in [6, 6.07) is 17.0. The van der Waals surface area contributed by atoms with Gasteiger partial charge in [0, 0.05) is 35.7 Å². The Kier molecular flexibility index (Phi) is 4.63. The number of fused-ring (bicyclic) bond motifs is 2. The summed E-state index contributed by atoms with van der Waals surface area (Å²) in [5, 5.41) is 14.6. The van der Waals surface area contributed by atoms with E-state index in [1.165, 1.54) is 4.90 Å². The zero-order valence-electron chi connectivity index (χ0n) is 19.7. The molecule has 2 aromatic carbocycles. The highest BCUT2D eigenvalue weighted by atomic mass is 19.3. The van der Waals surface area contributed by atoms with Gasteiger partial charge in [0.15, 0.2) is 5.82 Å². The number of carbonyl (C=O) groups excluding carboxylic acids is 1. The van der Waals surface area contributed by atoms with E-state index in [9.17, 15) is 13.6 Å². The number of aromatic nitrogens is 6. The highest BCUT2D eigenvalue weighted by Crippen LogP contribution is 2.53. The van der Waals surface area contributed by atoms with Crippen molar-refractivity contribution in [2.24, 2.45) is 0 Å². The molecule has 1 aliphatic heterocycles. The van der Waals surface area contributed by atoms with Gasteiger partial charge in [0.25, 0.3) is 17.6 Å². The van der Waals surface area contributed by atoms with Crippen LogP contribution in [0.3, 0.4) is 0 Å². The number of pyridine rings is 1. The molecule has 7 rings (SSSR count). The molecule has 37 heavy (non-hydrogen) atoms. The largest absolute Gasteiger partial charge is 0.332 e. The van der Waals surface area contributed by atoms with Crippen LogP contribution in [0.2, 0.25) is 0 Å². The SMILES string of the molecule is O=C(c1ccc(-c2cnc3nnc(C4(c5ccc6ncccc6c5)CC4)n3n2)cc1)N1CCC(F)(F)C1. The lowest BCUT2D eigenvalue weighted by atomic mass is 9.94. The molecule has 0 radical (unpaired) electrons. The minimum absolute atomic E-state index is 0.0571. The second-order valence-electron chi connectivity index (χ2n) is 9.78. The summed E-state index contributed by atoms with van der Waals surface area (Å²) in [5.74, 6) is -2.07. The third-order valence-corrected chi connectivity index (χ3v) is 7.35. The van der Waals surface area contributed by atoms with Gasteiger partial charge in [-0.1, -0.05) is 24.3 Å². The van der Waals surface area contributed by atoms with Gasteiger partial charge in [-0.15, -0.1) is 10.2 Å². The van der Waals surface area contributed by atoms with Crippen LogP contribution >= 0.6 is 0 Å². The fourth-order valence-electron chi connectivity index (χ4n) is 5.14. The van der Waals surface area contributed by atoms with Crippen molar-refractivity contribution in [2.75, 3.05) is 13.1 Å². The maximum atomic E-state index is 13.5. The normalized spacial score (nSPS) is 17.9. The molecule has 1 amide bonds. The van der Waals surface area contributed by atoms with E-state index in [-0.39, 0.29) is 18.4 Å². The number of alkyl halides is 2. The molecule has 10 heteroatoms.